The summed E-state index contributed by atoms with van der Waals surface area (Å²) in [5.74, 6) is 0.0442. The molecule has 0 aromatic carbocycles. The Balaban J connectivity index is 1.74. The van der Waals surface area contributed by atoms with Gasteiger partial charge in [-0.1, -0.05) is 0 Å². The Kier molecular flexibility index (Phi) is 5.22. The van der Waals surface area contributed by atoms with Gasteiger partial charge in [0, 0.05) is 30.9 Å². The van der Waals surface area contributed by atoms with Crippen molar-refractivity contribution in [3.63, 3.8) is 0 Å². The molecule has 0 saturated carbocycles. The van der Waals surface area contributed by atoms with Crippen molar-refractivity contribution in [1.82, 2.24) is 15.1 Å². The summed E-state index contributed by atoms with van der Waals surface area (Å²) in [7, 11) is 0. The van der Waals surface area contributed by atoms with Crippen LogP contribution in [0.4, 0.5) is 13.2 Å². The Morgan fingerprint density at radius 1 is 1.52 bits per heavy atom. The maximum absolute atomic E-state index is 12.0. The Bertz CT molecular complexity index is 448. The van der Waals surface area contributed by atoms with Crippen LogP contribution in [0.2, 0.25) is 0 Å². The lowest BCUT2D eigenvalue weighted by atomic mass is 9.95. The number of ether oxygens (including phenoxy) is 1. The van der Waals surface area contributed by atoms with E-state index in [0.717, 1.165) is 18.5 Å². The number of carbonyl (C=O) groups excluding carboxylic acids is 1. The number of H-pyrrole nitrogens is 1. The van der Waals surface area contributed by atoms with Gasteiger partial charge in [0.1, 0.15) is 6.61 Å². The van der Waals surface area contributed by atoms with Gasteiger partial charge in [-0.25, -0.2) is 0 Å². The van der Waals surface area contributed by atoms with E-state index in [2.05, 4.69) is 14.9 Å². The molecule has 1 atom stereocenters. The summed E-state index contributed by atoms with van der Waals surface area (Å²) in [5.41, 5.74) is 0.987. The highest BCUT2D eigenvalue weighted by Gasteiger charge is 2.28. The Labute approximate surface area is 120 Å². The molecule has 0 bridgehead atoms. The number of nitrogens with one attached hydrogen (secondary N) is 1. The molecule has 118 valence electrons. The van der Waals surface area contributed by atoms with Crippen LogP contribution in [-0.2, 0) is 9.53 Å². The lowest BCUT2D eigenvalue weighted by molar-refractivity contribution is -0.175. The van der Waals surface area contributed by atoms with Crippen LogP contribution >= 0.6 is 0 Å². The summed E-state index contributed by atoms with van der Waals surface area (Å²) >= 11 is 0. The molecule has 1 aliphatic heterocycles. The summed E-state index contributed by atoms with van der Waals surface area (Å²) in [6, 6.07) is 1.88. The molecule has 2 rings (SSSR count). The molecule has 0 aliphatic carbocycles. The minimum Gasteiger partial charge on any atom is -0.372 e. The second-order valence-corrected chi connectivity index (χ2v) is 5.11. The van der Waals surface area contributed by atoms with Crippen LogP contribution in [0.5, 0.6) is 0 Å². The smallest absolute Gasteiger partial charge is 0.372 e. The Hall–Kier alpha value is -1.57. The van der Waals surface area contributed by atoms with E-state index in [9.17, 15) is 18.0 Å². The van der Waals surface area contributed by atoms with Crippen molar-refractivity contribution in [3.8, 4) is 0 Å². The van der Waals surface area contributed by atoms with Gasteiger partial charge in [0.2, 0.25) is 5.91 Å². The van der Waals surface area contributed by atoms with Gasteiger partial charge in [-0.3, -0.25) is 9.89 Å². The third-order valence-electron chi connectivity index (χ3n) is 3.46. The van der Waals surface area contributed by atoms with E-state index in [1.165, 1.54) is 0 Å². The summed E-state index contributed by atoms with van der Waals surface area (Å²) in [6.07, 6.45) is -0.859. The standard InChI is InChI=1S/C13H18F3N3O2/c14-13(15,16)9-21-7-4-12(20)19-6-1-2-10(8-19)11-3-5-17-18-11/h3,5,10H,1-2,4,6-9H2,(H,17,18)/t10-/m1/s1. The van der Waals surface area contributed by atoms with Crippen LogP contribution in [-0.4, -0.2) is 53.5 Å². The number of hydrogen-bond donors (Lipinski definition) is 1. The first-order valence-corrected chi connectivity index (χ1v) is 6.87. The monoisotopic (exact) mass is 305 g/mol. The highest BCUT2D eigenvalue weighted by atomic mass is 19.4. The first kappa shape index (κ1) is 15.8. The van der Waals surface area contributed by atoms with Crippen LogP contribution in [0.15, 0.2) is 12.3 Å². The molecule has 1 amide bonds. The van der Waals surface area contributed by atoms with Gasteiger partial charge in [-0.05, 0) is 18.9 Å². The van der Waals surface area contributed by atoms with Gasteiger partial charge in [0.05, 0.1) is 13.0 Å². The summed E-state index contributed by atoms with van der Waals surface area (Å²) in [6.45, 7) is -0.302. The summed E-state index contributed by atoms with van der Waals surface area (Å²) in [5, 5.41) is 6.79. The highest BCUT2D eigenvalue weighted by Crippen LogP contribution is 2.25. The lowest BCUT2D eigenvalue weighted by Crippen LogP contribution is -2.39. The van der Waals surface area contributed by atoms with E-state index >= 15 is 0 Å². The van der Waals surface area contributed by atoms with Gasteiger partial charge in [0.15, 0.2) is 0 Å². The number of amides is 1. The van der Waals surface area contributed by atoms with Crippen LogP contribution in [0.3, 0.4) is 0 Å². The van der Waals surface area contributed by atoms with Crippen molar-refractivity contribution in [3.05, 3.63) is 18.0 Å². The molecule has 0 spiro atoms. The molecular weight excluding hydrogens is 287 g/mol. The number of halogens is 3. The minimum absolute atomic E-state index is 0.0220. The number of rotatable bonds is 5. The Morgan fingerprint density at radius 2 is 2.33 bits per heavy atom. The van der Waals surface area contributed by atoms with Crippen LogP contribution in [0.25, 0.3) is 0 Å². The summed E-state index contributed by atoms with van der Waals surface area (Å²) < 4.78 is 40.2. The third kappa shape index (κ3) is 5.04. The molecule has 5 nitrogen and oxygen atoms in total. The normalized spacial score (nSPS) is 19.8. The average Bonchev–Trinajstić information content (AvgIpc) is 2.96. The molecule has 1 saturated heterocycles. The zero-order valence-corrected chi connectivity index (χ0v) is 11.5. The van der Waals surface area contributed by atoms with E-state index in [4.69, 9.17) is 0 Å². The first-order valence-electron chi connectivity index (χ1n) is 6.87. The molecule has 1 fully saturated rings. The van der Waals surface area contributed by atoms with Gasteiger partial charge < -0.3 is 9.64 Å². The molecule has 1 aliphatic rings. The number of hydrogen-bond acceptors (Lipinski definition) is 3. The van der Waals surface area contributed by atoms with Gasteiger partial charge in [-0.15, -0.1) is 0 Å². The lowest BCUT2D eigenvalue weighted by Gasteiger charge is -2.32. The Morgan fingerprint density at radius 3 is 3.00 bits per heavy atom. The van der Waals surface area contributed by atoms with E-state index in [1.807, 2.05) is 6.07 Å². The molecule has 1 aromatic heterocycles. The third-order valence-corrected chi connectivity index (χ3v) is 3.46. The minimum atomic E-state index is -4.35. The van der Waals surface area contributed by atoms with Crippen LogP contribution < -0.4 is 0 Å². The fourth-order valence-corrected chi connectivity index (χ4v) is 2.46. The van der Waals surface area contributed by atoms with Crippen molar-refractivity contribution in [2.45, 2.75) is 31.4 Å². The van der Waals surface area contributed by atoms with E-state index in [0.29, 0.717) is 13.1 Å². The van der Waals surface area contributed by atoms with Crippen molar-refractivity contribution < 1.29 is 22.7 Å². The fraction of sp³-hybridized carbons (Fsp3) is 0.692. The van der Waals surface area contributed by atoms with Crippen LogP contribution in [0.1, 0.15) is 30.9 Å². The summed E-state index contributed by atoms with van der Waals surface area (Å²) in [4.78, 5) is 13.7. The first-order chi connectivity index (χ1) is 9.96. The number of aromatic nitrogens is 2. The number of alkyl halides is 3. The second kappa shape index (κ2) is 6.93. The maximum Gasteiger partial charge on any atom is 0.411 e. The predicted molar refractivity (Wildman–Crippen MR) is 68.6 cm³/mol. The predicted octanol–water partition coefficient (Wildman–Crippen LogP) is 2.08. The van der Waals surface area contributed by atoms with E-state index in [-0.39, 0.29) is 24.9 Å². The number of likely N-dealkylation sites (tertiary alicyclic amines) is 1. The SMILES string of the molecule is O=C(CCOCC(F)(F)F)N1CCC[C@@H](c2ccn[nH]2)C1. The van der Waals surface area contributed by atoms with Crippen molar-refractivity contribution in [1.29, 1.82) is 0 Å². The molecule has 0 unspecified atom stereocenters. The quantitative estimate of drug-likeness (QED) is 0.847. The maximum atomic E-state index is 12.0. The molecular formula is C13H18F3N3O2. The molecule has 21 heavy (non-hydrogen) atoms. The van der Waals surface area contributed by atoms with Crippen LogP contribution in [0, 0.1) is 0 Å². The molecule has 8 heteroatoms. The molecule has 0 radical (unpaired) electrons. The largest absolute Gasteiger partial charge is 0.411 e. The molecule has 2 heterocycles. The van der Waals surface area contributed by atoms with E-state index in [1.54, 1.807) is 11.1 Å². The average molecular weight is 305 g/mol. The van der Waals surface area contributed by atoms with Crippen molar-refractivity contribution in [2.24, 2.45) is 0 Å². The van der Waals surface area contributed by atoms with Gasteiger partial charge in [-0.2, -0.15) is 18.3 Å². The number of carbonyl (C=O) groups is 1. The highest BCUT2D eigenvalue weighted by molar-refractivity contribution is 5.76. The van der Waals surface area contributed by atoms with Gasteiger partial charge >= 0.3 is 6.18 Å². The number of nitrogens with zero attached hydrogens (tertiary/aromatic N) is 2. The van der Waals surface area contributed by atoms with Crippen molar-refractivity contribution in [2.75, 3.05) is 26.3 Å². The second-order valence-electron chi connectivity index (χ2n) is 5.11. The zero-order valence-electron chi connectivity index (χ0n) is 11.5. The fourth-order valence-electron chi connectivity index (χ4n) is 2.46. The molecule has 1 aromatic rings. The van der Waals surface area contributed by atoms with E-state index < -0.39 is 12.8 Å². The number of piperidine rings is 1. The zero-order chi connectivity index (χ0) is 15.3. The molecule has 1 N–H and O–H groups in total. The number of aromatic amines is 1. The topological polar surface area (TPSA) is 58.2 Å². The van der Waals surface area contributed by atoms with Crippen molar-refractivity contribution >= 4 is 5.91 Å². The van der Waals surface area contributed by atoms with Gasteiger partial charge in [0.25, 0.3) is 0 Å².